The van der Waals surface area contributed by atoms with E-state index in [0.717, 1.165) is 0 Å². The van der Waals surface area contributed by atoms with Crippen molar-refractivity contribution in [2.75, 3.05) is 106 Å². The number of benzene rings is 5. The smallest absolute Gasteiger partial charge is 0.346 e. The lowest BCUT2D eigenvalue weighted by molar-refractivity contribution is -0.140. The van der Waals surface area contributed by atoms with Crippen LogP contribution in [-0.4, -0.2) is 254 Å². The van der Waals surface area contributed by atoms with Gasteiger partial charge in [0.25, 0.3) is 0 Å². The first-order valence-electron chi connectivity index (χ1n) is 39.5. The number of rotatable bonds is 43. The molecule has 0 amide bonds. The molecule has 3 heterocycles. The number of carbonyl (C=O) groups is 14. The highest BCUT2D eigenvalue weighted by molar-refractivity contribution is 6.14. The normalized spacial score (nSPS) is 10.9. The maximum Gasteiger partial charge on any atom is 0.346 e. The van der Waals surface area contributed by atoms with Crippen LogP contribution in [0.3, 0.4) is 0 Å². The van der Waals surface area contributed by atoms with Gasteiger partial charge in [-0.3, -0.25) is 0 Å². The Morgan fingerprint density at radius 1 is 0.286 bits per heavy atom. The van der Waals surface area contributed by atoms with E-state index in [1.54, 1.807) is 31.2 Å². The van der Waals surface area contributed by atoms with Gasteiger partial charge in [-0.1, -0.05) is 93.6 Å². The zero-order valence-electron chi connectivity index (χ0n) is 72.6. The fourth-order valence-corrected chi connectivity index (χ4v) is 10.3. The first kappa shape index (κ1) is 109. The zero-order valence-corrected chi connectivity index (χ0v) is 72.6. The molecule has 2 aromatic heterocycles. The van der Waals surface area contributed by atoms with E-state index in [0.29, 0.717) is 44.1 Å². The Labute approximate surface area is 753 Å². The SMILES string of the molecule is C=C(C)C(=O)OCCOC(=O)c1ccccc1C(=O)O.C=C(C)C(=O)OCCOC(=O)c1ccccc1C(=O)OCCn1c(=O)n(CCOC(=O)c2ccccc2C(=O)OCCOC(=O)C(=C)C)c(=O)n(CCOC(=O)c2ccccc2C(=O)OCCOC(=O)C(=C)C)c1=O.C=C(C)C(O)OCCO.O=C1OC(=O)c2ccccc21.O=c1n(CCO)c(=O)n(CCO)c(=O)n1CCO. The summed E-state index contributed by atoms with van der Waals surface area (Å²) in [5.74, 6) is -12.0. The van der Waals surface area contributed by atoms with Crippen molar-refractivity contribution in [3.05, 3.63) is 301 Å². The number of cyclic esters (lactones) is 2. The third-order valence-electron chi connectivity index (χ3n) is 16.8. The number of carboxylic acids is 1. The molecule has 712 valence electrons. The second kappa shape index (κ2) is 56.5. The van der Waals surface area contributed by atoms with Gasteiger partial charge in [0, 0.05) is 22.3 Å². The van der Waals surface area contributed by atoms with Gasteiger partial charge < -0.3 is 92.2 Å². The third kappa shape index (κ3) is 34.3. The van der Waals surface area contributed by atoms with Crippen molar-refractivity contribution < 1.29 is 159 Å². The molecule has 0 spiro atoms. The number of aliphatic hydroxyl groups is 5. The highest BCUT2D eigenvalue weighted by Gasteiger charge is 2.30. The number of fused-ring (bicyclic) bond motifs is 1. The van der Waals surface area contributed by atoms with E-state index in [9.17, 15) is 95.9 Å². The maximum atomic E-state index is 13.9. The van der Waals surface area contributed by atoms with Crippen LogP contribution in [-0.2, 0) is 120 Å². The lowest BCUT2D eigenvalue weighted by Crippen LogP contribution is -2.55. The molecule has 6 N–H and O–H groups in total. The predicted molar refractivity (Wildman–Crippen MR) is 458 cm³/mol. The molecule has 45 heteroatoms. The minimum atomic E-state index is -1.26. The van der Waals surface area contributed by atoms with Gasteiger partial charge >= 0.3 is 118 Å². The Morgan fingerprint density at radius 3 is 0.684 bits per heavy atom. The predicted octanol–water partition coefficient (Wildman–Crippen LogP) is 1.27. The molecule has 0 aliphatic carbocycles. The summed E-state index contributed by atoms with van der Waals surface area (Å²) in [6, 6.07) is 28.2. The number of nitrogens with zero attached hydrogens (tertiary/aromatic N) is 6. The summed E-state index contributed by atoms with van der Waals surface area (Å²) >= 11 is 0. The molecular formula is C88H96N6O39. The first-order chi connectivity index (χ1) is 63.2. The number of aromatic nitrogens is 6. The monoisotopic (exact) mass is 1860 g/mol. The van der Waals surface area contributed by atoms with E-state index in [-0.39, 0.29) is 153 Å². The van der Waals surface area contributed by atoms with Crippen molar-refractivity contribution in [3.8, 4) is 0 Å². The third-order valence-corrected chi connectivity index (χ3v) is 16.8. The van der Waals surface area contributed by atoms with E-state index in [1.165, 1.54) is 125 Å². The summed E-state index contributed by atoms with van der Waals surface area (Å²) < 4.78 is 68.2. The van der Waals surface area contributed by atoms with Gasteiger partial charge in [-0.15, -0.1) is 0 Å². The molecule has 45 nitrogen and oxygen atoms in total. The number of carboxylic acid groups (broad SMARTS) is 1. The Morgan fingerprint density at radius 2 is 0.481 bits per heavy atom. The zero-order chi connectivity index (χ0) is 99.1. The molecule has 133 heavy (non-hydrogen) atoms. The number of esters is 13. The van der Waals surface area contributed by atoms with Gasteiger partial charge in [0.05, 0.1) is 128 Å². The summed E-state index contributed by atoms with van der Waals surface area (Å²) in [5.41, 5.74) is -6.34. The van der Waals surface area contributed by atoms with Gasteiger partial charge in [-0.25, -0.2) is 123 Å². The van der Waals surface area contributed by atoms with Crippen LogP contribution < -0.4 is 34.1 Å². The molecule has 1 aliphatic heterocycles. The molecule has 5 aromatic carbocycles. The minimum absolute atomic E-state index is 0.0498. The Kier molecular flexibility index (Phi) is 46.5. The fraction of sp³-hybridized carbons (Fsp3) is 0.318. The average Bonchev–Trinajstić information content (AvgIpc) is 1.09. The second-order valence-electron chi connectivity index (χ2n) is 26.9. The van der Waals surface area contributed by atoms with E-state index in [4.69, 9.17) is 82.7 Å². The van der Waals surface area contributed by atoms with Crippen molar-refractivity contribution in [2.24, 2.45) is 0 Å². The van der Waals surface area contributed by atoms with Crippen molar-refractivity contribution in [2.45, 2.75) is 80.2 Å². The molecule has 0 bridgehead atoms. The van der Waals surface area contributed by atoms with Gasteiger partial charge in [-0.2, -0.15) is 0 Å². The topological polar surface area (TPSA) is 612 Å². The van der Waals surface area contributed by atoms with E-state index < -0.39 is 183 Å². The van der Waals surface area contributed by atoms with Gasteiger partial charge in [0.2, 0.25) is 0 Å². The minimum Gasteiger partial charge on any atom is -0.478 e. The molecule has 0 radical (unpaired) electrons. The maximum absolute atomic E-state index is 13.9. The number of hydrogen-bond acceptors (Lipinski definition) is 38. The molecule has 0 saturated carbocycles. The van der Waals surface area contributed by atoms with E-state index >= 15 is 0 Å². The van der Waals surface area contributed by atoms with Gasteiger partial charge in [-0.05, 0) is 101 Å². The molecule has 0 fully saturated rings. The van der Waals surface area contributed by atoms with E-state index in [2.05, 4.69) is 42.4 Å². The molecule has 1 atom stereocenters. The quantitative estimate of drug-likeness (QED) is 0.00596. The molecular weight excluding hydrogens is 1760 g/mol. The summed E-state index contributed by atoms with van der Waals surface area (Å²) in [5, 5.41) is 52.3. The Balaban J connectivity index is 0.000000501. The molecule has 0 saturated heterocycles. The largest absolute Gasteiger partial charge is 0.478 e. The van der Waals surface area contributed by atoms with Gasteiger partial charge in [0.1, 0.15) is 72.7 Å². The fourth-order valence-electron chi connectivity index (χ4n) is 10.3. The van der Waals surface area contributed by atoms with Crippen molar-refractivity contribution in [1.82, 2.24) is 27.4 Å². The number of hydrogen-bond donors (Lipinski definition) is 6. The van der Waals surface area contributed by atoms with Crippen molar-refractivity contribution in [1.29, 1.82) is 0 Å². The van der Waals surface area contributed by atoms with Crippen molar-refractivity contribution >= 4 is 83.6 Å². The molecule has 1 aliphatic rings. The number of aliphatic hydroxyl groups excluding tert-OH is 5. The summed E-state index contributed by atoms with van der Waals surface area (Å²) in [4.78, 5) is 246. The number of aromatic carboxylic acids is 1. The van der Waals surface area contributed by atoms with Gasteiger partial charge in [0.15, 0.2) is 6.29 Å². The highest BCUT2D eigenvalue weighted by Crippen LogP contribution is 2.20. The standard InChI is InChI=1S/C51H51N3O21.C14H14O6.C9H15N3O6.C8H4O3.C6H12O3/c1-31(2)40(55)70-25-28-73-46(61)37-16-10-7-13-34(37)43(58)67-22-19-52-49(64)53(20-23-68-44(59)35-14-8-11-17-38(35)47(62)74-29-26-71-41(56)32(3)4)51(66)54(50(52)65)21-24-69-45(60)36-15-9-12-18-39(36)48(63)75-30-27-72-42(57)33(5)6;1-9(2)13(17)19-7-8-20-14(18)11-6-4-3-5-10(11)12(15)16;13-4-1-10-7(16)11(2-5-14)9(18)12(3-6-15)8(10)17;9-7-5-3-1-2-4-6(5)8(10)11-7;1-5(2)6(8)9-4-3-7/h7-18H,1,3,5,19-30H2,2,4,6H3;3-6H,1,7-8H2,2H3,(H,15,16);13-15H,1-6H2;1-4H;6-8H,1,3-4H2,2H3. The van der Waals surface area contributed by atoms with Crippen LogP contribution in [0, 0.1) is 0 Å². The lowest BCUT2D eigenvalue weighted by Gasteiger charge is -2.15. The summed E-state index contributed by atoms with van der Waals surface area (Å²) in [6.07, 6.45) is -0.933. The van der Waals surface area contributed by atoms with Crippen LogP contribution in [0.5, 0.6) is 0 Å². The van der Waals surface area contributed by atoms with E-state index in [1.807, 2.05) is 0 Å². The first-order valence-corrected chi connectivity index (χ1v) is 39.5. The Bertz CT molecular complexity index is 5360. The van der Waals surface area contributed by atoms with Crippen LogP contribution >= 0.6 is 0 Å². The summed E-state index contributed by atoms with van der Waals surface area (Å²) in [7, 11) is 0. The van der Waals surface area contributed by atoms with Crippen molar-refractivity contribution in [3.63, 3.8) is 0 Å². The van der Waals surface area contributed by atoms with Crippen LogP contribution in [0.1, 0.15) is 138 Å². The highest BCUT2D eigenvalue weighted by atomic mass is 16.6. The Hall–Kier alpha value is -15.8. The molecule has 7 aromatic rings. The molecule has 8 rings (SSSR count). The molecule has 1 unspecified atom stereocenters. The summed E-state index contributed by atoms with van der Waals surface area (Å²) in [6.45, 7) is 16.1. The van der Waals surface area contributed by atoms with Crippen LogP contribution in [0.4, 0.5) is 0 Å². The number of ether oxygens (including phenoxy) is 13. The lowest BCUT2D eigenvalue weighted by atomic mass is 10.1. The number of carbonyl (C=O) groups excluding carboxylic acids is 13. The van der Waals surface area contributed by atoms with Crippen LogP contribution in [0.2, 0.25) is 0 Å². The average molecular weight is 1860 g/mol. The van der Waals surface area contributed by atoms with Crippen LogP contribution in [0.15, 0.2) is 211 Å². The second-order valence-corrected chi connectivity index (χ2v) is 26.9. The van der Waals surface area contributed by atoms with Crippen LogP contribution in [0.25, 0.3) is 0 Å².